The molecule has 1 aromatic rings. The van der Waals surface area contributed by atoms with Crippen LogP contribution in [0.2, 0.25) is 0 Å². The minimum atomic E-state index is -0.188. The van der Waals surface area contributed by atoms with Crippen molar-refractivity contribution in [3.63, 3.8) is 0 Å². The summed E-state index contributed by atoms with van der Waals surface area (Å²) in [5, 5.41) is 0. The topological polar surface area (TPSA) is 65.1 Å². The number of carbonyl (C=O) groups is 2. The highest BCUT2D eigenvalue weighted by atomic mass is 16.5. The molecule has 0 spiro atoms. The lowest BCUT2D eigenvalue weighted by Gasteiger charge is -2.24. The fraction of sp³-hybridized carbons (Fsp3) is 0.579. The van der Waals surface area contributed by atoms with Crippen LogP contribution in [0.1, 0.15) is 39.5 Å². The molecule has 0 N–H and O–H groups in total. The van der Waals surface area contributed by atoms with E-state index in [1.807, 2.05) is 43.0 Å². The summed E-state index contributed by atoms with van der Waals surface area (Å²) in [6.45, 7) is 5.55. The SMILES string of the molecule is CCCC(=O)OCCN(CCOC(=O)CCC)c1ccc(OC)cc1. The van der Waals surface area contributed by atoms with Gasteiger partial charge < -0.3 is 19.1 Å². The third-order valence-electron chi connectivity index (χ3n) is 3.59. The van der Waals surface area contributed by atoms with E-state index in [0.29, 0.717) is 39.1 Å². The van der Waals surface area contributed by atoms with Crippen molar-refractivity contribution in [1.29, 1.82) is 0 Å². The van der Waals surface area contributed by atoms with Crippen molar-refractivity contribution in [2.45, 2.75) is 39.5 Å². The molecule has 0 aliphatic rings. The fourth-order valence-electron chi connectivity index (χ4n) is 2.25. The van der Waals surface area contributed by atoms with Crippen LogP contribution in [0.5, 0.6) is 5.75 Å². The van der Waals surface area contributed by atoms with Gasteiger partial charge in [-0.15, -0.1) is 0 Å². The standard InChI is InChI=1S/C19H29NO5/c1-4-6-18(21)24-14-12-20(13-15-25-19(22)7-5-2)16-8-10-17(23-3)11-9-16/h8-11H,4-7,12-15H2,1-3H3. The molecule has 140 valence electrons. The summed E-state index contributed by atoms with van der Waals surface area (Å²) in [6.07, 6.45) is 2.40. The van der Waals surface area contributed by atoms with E-state index in [1.54, 1.807) is 7.11 Å². The number of benzene rings is 1. The number of nitrogens with zero attached hydrogens (tertiary/aromatic N) is 1. The molecule has 0 saturated carbocycles. The molecule has 1 rings (SSSR count). The predicted molar refractivity (Wildman–Crippen MR) is 96.9 cm³/mol. The van der Waals surface area contributed by atoms with E-state index in [9.17, 15) is 9.59 Å². The molecule has 0 aliphatic heterocycles. The average Bonchev–Trinajstić information content (AvgIpc) is 2.61. The zero-order valence-corrected chi connectivity index (χ0v) is 15.5. The Labute approximate surface area is 150 Å². The first-order valence-electron chi connectivity index (χ1n) is 8.80. The largest absolute Gasteiger partial charge is 0.497 e. The molecule has 25 heavy (non-hydrogen) atoms. The number of rotatable bonds is 12. The number of hydrogen-bond donors (Lipinski definition) is 0. The molecule has 6 heteroatoms. The van der Waals surface area contributed by atoms with Crippen LogP contribution in [-0.2, 0) is 19.1 Å². The molecule has 0 amide bonds. The summed E-state index contributed by atoms with van der Waals surface area (Å²) in [6, 6.07) is 7.60. The van der Waals surface area contributed by atoms with Crippen molar-refractivity contribution in [3.05, 3.63) is 24.3 Å². The van der Waals surface area contributed by atoms with Crippen LogP contribution in [0.25, 0.3) is 0 Å². The number of methoxy groups -OCH3 is 1. The van der Waals surface area contributed by atoms with Crippen LogP contribution in [0.3, 0.4) is 0 Å². The minimum Gasteiger partial charge on any atom is -0.497 e. The van der Waals surface area contributed by atoms with Crippen LogP contribution in [-0.4, -0.2) is 45.4 Å². The van der Waals surface area contributed by atoms with E-state index in [2.05, 4.69) is 0 Å². The van der Waals surface area contributed by atoms with Gasteiger partial charge in [0.15, 0.2) is 0 Å². The van der Waals surface area contributed by atoms with Crippen LogP contribution in [0, 0.1) is 0 Å². The highest BCUT2D eigenvalue weighted by molar-refractivity contribution is 5.69. The third-order valence-corrected chi connectivity index (χ3v) is 3.59. The van der Waals surface area contributed by atoms with E-state index in [0.717, 1.165) is 24.3 Å². The molecular weight excluding hydrogens is 322 g/mol. The second-order valence-corrected chi connectivity index (χ2v) is 5.63. The molecule has 6 nitrogen and oxygen atoms in total. The Bertz CT molecular complexity index is 491. The van der Waals surface area contributed by atoms with Crippen LogP contribution in [0.15, 0.2) is 24.3 Å². The normalized spacial score (nSPS) is 10.2. The summed E-state index contributed by atoms with van der Waals surface area (Å²) in [7, 11) is 1.62. The molecule has 0 aromatic heterocycles. The van der Waals surface area contributed by atoms with Crippen molar-refractivity contribution in [1.82, 2.24) is 0 Å². The Hall–Kier alpha value is -2.24. The van der Waals surface area contributed by atoms with Crippen molar-refractivity contribution in [2.75, 3.05) is 38.3 Å². The molecule has 0 saturated heterocycles. The quantitative estimate of drug-likeness (QED) is 0.539. The summed E-state index contributed by atoms with van der Waals surface area (Å²) in [4.78, 5) is 25.0. The third kappa shape index (κ3) is 8.42. The monoisotopic (exact) mass is 351 g/mol. The Morgan fingerprint density at radius 2 is 1.36 bits per heavy atom. The van der Waals surface area contributed by atoms with Gasteiger partial charge in [-0.3, -0.25) is 9.59 Å². The van der Waals surface area contributed by atoms with Crippen molar-refractivity contribution in [3.8, 4) is 5.75 Å². The van der Waals surface area contributed by atoms with Gasteiger partial charge in [0.25, 0.3) is 0 Å². The lowest BCUT2D eigenvalue weighted by atomic mass is 10.2. The van der Waals surface area contributed by atoms with Gasteiger partial charge in [-0.25, -0.2) is 0 Å². The Balaban J connectivity index is 2.58. The molecule has 0 heterocycles. The molecule has 0 bridgehead atoms. The highest BCUT2D eigenvalue weighted by Crippen LogP contribution is 2.19. The molecule has 0 unspecified atom stereocenters. The second kappa shape index (κ2) is 12.2. The number of anilines is 1. The summed E-state index contributed by atoms with van der Waals surface area (Å²) >= 11 is 0. The van der Waals surface area contributed by atoms with Crippen molar-refractivity contribution in [2.24, 2.45) is 0 Å². The van der Waals surface area contributed by atoms with E-state index in [4.69, 9.17) is 14.2 Å². The van der Waals surface area contributed by atoms with Gasteiger partial charge in [0.2, 0.25) is 0 Å². The Morgan fingerprint density at radius 1 is 0.880 bits per heavy atom. The number of hydrogen-bond acceptors (Lipinski definition) is 6. The van der Waals surface area contributed by atoms with Gasteiger partial charge in [0.1, 0.15) is 19.0 Å². The molecule has 0 atom stereocenters. The predicted octanol–water partition coefficient (Wildman–Crippen LogP) is 3.19. The van der Waals surface area contributed by atoms with Gasteiger partial charge in [-0.1, -0.05) is 13.8 Å². The summed E-state index contributed by atoms with van der Waals surface area (Å²) in [5.74, 6) is 0.394. The van der Waals surface area contributed by atoms with Crippen LogP contribution >= 0.6 is 0 Å². The zero-order valence-electron chi connectivity index (χ0n) is 15.5. The van der Waals surface area contributed by atoms with E-state index < -0.39 is 0 Å². The molecule has 0 fully saturated rings. The summed E-state index contributed by atoms with van der Waals surface area (Å²) in [5.41, 5.74) is 0.957. The Morgan fingerprint density at radius 3 is 1.76 bits per heavy atom. The minimum absolute atomic E-state index is 0.188. The maximum atomic E-state index is 11.5. The van der Waals surface area contributed by atoms with Crippen molar-refractivity contribution >= 4 is 17.6 Å². The highest BCUT2D eigenvalue weighted by Gasteiger charge is 2.10. The fourth-order valence-corrected chi connectivity index (χ4v) is 2.25. The Kier molecular flexibility index (Phi) is 10.1. The molecular formula is C19H29NO5. The van der Waals surface area contributed by atoms with Gasteiger partial charge in [-0.05, 0) is 37.1 Å². The maximum Gasteiger partial charge on any atom is 0.305 e. The van der Waals surface area contributed by atoms with Gasteiger partial charge in [0, 0.05) is 18.5 Å². The molecule has 0 aliphatic carbocycles. The van der Waals surface area contributed by atoms with Crippen LogP contribution in [0.4, 0.5) is 5.69 Å². The first-order chi connectivity index (χ1) is 12.1. The maximum absolute atomic E-state index is 11.5. The second-order valence-electron chi connectivity index (χ2n) is 5.63. The molecule has 0 radical (unpaired) electrons. The van der Waals surface area contributed by atoms with Crippen LogP contribution < -0.4 is 9.64 Å². The smallest absolute Gasteiger partial charge is 0.305 e. The van der Waals surface area contributed by atoms with Gasteiger partial charge >= 0.3 is 11.9 Å². The van der Waals surface area contributed by atoms with Gasteiger partial charge in [0.05, 0.1) is 20.2 Å². The lowest BCUT2D eigenvalue weighted by molar-refractivity contribution is -0.143. The number of esters is 2. The van der Waals surface area contributed by atoms with E-state index >= 15 is 0 Å². The van der Waals surface area contributed by atoms with Gasteiger partial charge in [-0.2, -0.15) is 0 Å². The van der Waals surface area contributed by atoms with E-state index in [-0.39, 0.29) is 11.9 Å². The first-order valence-corrected chi connectivity index (χ1v) is 8.80. The van der Waals surface area contributed by atoms with E-state index in [1.165, 1.54) is 0 Å². The average molecular weight is 351 g/mol. The lowest BCUT2D eigenvalue weighted by Crippen LogP contribution is -2.32. The number of ether oxygens (including phenoxy) is 3. The first kappa shape index (κ1) is 20.8. The number of carbonyl (C=O) groups excluding carboxylic acids is 2. The summed E-state index contributed by atoms with van der Waals surface area (Å²) < 4.78 is 15.6. The zero-order chi connectivity index (χ0) is 18.5. The molecule has 1 aromatic carbocycles. The van der Waals surface area contributed by atoms with Crippen molar-refractivity contribution < 1.29 is 23.8 Å².